The highest BCUT2D eigenvalue weighted by molar-refractivity contribution is 6.03. The lowest BCUT2D eigenvalue weighted by molar-refractivity contribution is 0.0946. The molecule has 2 fully saturated rings. The third-order valence-corrected chi connectivity index (χ3v) is 6.79. The van der Waals surface area contributed by atoms with Crippen LogP contribution in [0.5, 0.6) is 5.75 Å². The Labute approximate surface area is 191 Å². The Balaban J connectivity index is 1.33. The summed E-state index contributed by atoms with van der Waals surface area (Å²) < 4.78 is 7.05. The minimum Gasteiger partial charge on any atom is -0.496 e. The molecule has 2 saturated carbocycles. The van der Waals surface area contributed by atoms with Crippen molar-refractivity contribution in [1.82, 2.24) is 15.1 Å². The summed E-state index contributed by atoms with van der Waals surface area (Å²) >= 11 is 0. The van der Waals surface area contributed by atoms with E-state index in [1.807, 2.05) is 30.3 Å². The van der Waals surface area contributed by atoms with Gasteiger partial charge in [-0.1, -0.05) is 36.4 Å². The van der Waals surface area contributed by atoms with Gasteiger partial charge >= 0.3 is 0 Å². The van der Waals surface area contributed by atoms with E-state index in [2.05, 4.69) is 5.32 Å². The highest BCUT2D eigenvalue weighted by atomic mass is 16.5. The van der Waals surface area contributed by atoms with Crippen LogP contribution in [0.1, 0.15) is 51.6 Å². The molecule has 1 heterocycles. The van der Waals surface area contributed by atoms with Crippen LogP contribution in [0.2, 0.25) is 0 Å². The summed E-state index contributed by atoms with van der Waals surface area (Å²) in [5.41, 5.74) is 14.9. The van der Waals surface area contributed by atoms with Crippen molar-refractivity contribution in [3.05, 3.63) is 65.2 Å². The quantitative estimate of drug-likeness (QED) is 0.515. The molecule has 8 nitrogen and oxygen atoms in total. The summed E-state index contributed by atoms with van der Waals surface area (Å²) in [6.45, 7) is 0.348. The number of carbonyl (C=O) groups excluding carboxylic acids is 2. The largest absolute Gasteiger partial charge is 0.496 e. The van der Waals surface area contributed by atoms with Gasteiger partial charge < -0.3 is 21.5 Å². The van der Waals surface area contributed by atoms with Crippen LogP contribution in [0.15, 0.2) is 48.5 Å². The van der Waals surface area contributed by atoms with Crippen molar-refractivity contribution in [2.45, 2.75) is 31.8 Å². The lowest BCUT2D eigenvalue weighted by atomic mass is 10.0. The number of hydrogen-bond donors (Lipinski definition) is 3. The molecule has 5 rings (SSSR count). The lowest BCUT2D eigenvalue weighted by Gasteiger charge is -2.14. The van der Waals surface area contributed by atoms with E-state index in [0.29, 0.717) is 29.4 Å². The van der Waals surface area contributed by atoms with Gasteiger partial charge in [-0.3, -0.25) is 9.59 Å². The van der Waals surface area contributed by atoms with Crippen molar-refractivity contribution in [3.8, 4) is 17.0 Å². The number of nitrogens with two attached hydrogens (primary N) is 2. The summed E-state index contributed by atoms with van der Waals surface area (Å²) in [6.07, 6.45) is 3.40. The molecular weight excluding hydrogens is 418 g/mol. The topological polar surface area (TPSA) is 125 Å². The van der Waals surface area contributed by atoms with Gasteiger partial charge in [0.1, 0.15) is 22.8 Å². The van der Waals surface area contributed by atoms with Gasteiger partial charge in [0.05, 0.1) is 18.7 Å². The smallest absolute Gasteiger partial charge is 0.255 e. The zero-order valence-corrected chi connectivity index (χ0v) is 18.5. The zero-order chi connectivity index (χ0) is 23.1. The number of nitrogen functional groups attached to an aromatic ring is 1. The number of methoxy groups -OCH3 is 1. The monoisotopic (exact) mass is 445 g/mol. The van der Waals surface area contributed by atoms with Gasteiger partial charge in [-0.25, -0.2) is 4.68 Å². The minimum atomic E-state index is -0.579. The fourth-order valence-electron chi connectivity index (χ4n) is 4.94. The highest BCUT2D eigenvalue weighted by Crippen LogP contribution is 2.56. The first-order chi connectivity index (χ1) is 16.0. The van der Waals surface area contributed by atoms with Crippen molar-refractivity contribution in [2.75, 3.05) is 12.8 Å². The van der Waals surface area contributed by atoms with E-state index in [9.17, 15) is 9.59 Å². The van der Waals surface area contributed by atoms with Crippen LogP contribution in [0.3, 0.4) is 0 Å². The summed E-state index contributed by atoms with van der Waals surface area (Å²) in [5, 5.41) is 7.61. The van der Waals surface area contributed by atoms with Crippen LogP contribution < -0.4 is 21.5 Å². The van der Waals surface area contributed by atoms with Crippen molar-refractivity contribution in [3.63, 3.8) is 0 Å². The molecule has 2 amide bonds. The molecule has 8 heteroatoms. The first-order valence-electron chi connectivity index (χ1n) is 11.1. The summed E-state index contributed by atoms with van der Waals surface area (Å²) in [4.78, 5) is 24.7. The van der Waals surface area contributed by atoms with E-state index in [1.165, 1.54) is 13.5 Å². The van der Waals surface area contributed by atoms with Gasteiger partial charge in [0.2, 0.25) is 0 Å². The molecule has 0 unspecified atom stereocenters. The molecule has 2 aromatic carbocycles. The van der Waals surface area contributed by atoms with Crippen LogP contribution in [0.4, 0.5) is 5.82 Å². The van der Waals surface area contributed by atoms with Gasteiger partial charge in [0.25, 0.3) is 11.8 Å². The van der Waals surface area contributed by atoms with E-state index in [-0.39, 0.29) is 17.5 Å². The van der Waals surface area contributed by atoms with Gasteiger partial charge in [0.15, 0.2) is 0 Å². The third-order valence-electron chi connectivity index (χ3n) is 6.79. The first kappa shape index (κ1) is 21.1. The lowest BCUT2D eigenvalue weighted by Crippen LogP contribution is -2.23. The number of nitrogens with zero attached hydrogens (tertiary/aromatic N) is 2. The van der Waals surface area contributed by atoms with E-state index >= 15 is 0 Å². The Bertz CT molecular complexity index is 1210. The van der Waals surface area contributed by atoms with Crippen molar-refractivity contribution < 1.29 is 14.3 Å². The number of fused-ring (bicyclic) bond motifs is 1. The molecule has 0 bridgehead atoms. The van der Waals surface area contributed by atoms with Crippen LogP contribution in [-0.2, 0) is 6.54 Å². The fraction of sp³-hybridized carbons (Fsp3) is 0.320. The molecule has 5 N–H and O–H groups in total. The maximum Gasteiger partial charge on any atom is 0.255 e. The average molecular weight is 446 g/mol. The molecule has 0 saturated heterocycles. The van der Waals surface area contributed by atoms with Crippen LogP contribution >= 0.6 is 0 Å². The SMILES string of the molecule is COc1ccccc1C(=O)NCc1ccc(-c2nn(C3C[C@H]4C[C@@H]4C3)c(N)c2C(N)=O)cc1. The molecule has 3 aromatic rings. The average Bonchev–Trinajstić information content (AvgIpc) is 3.27. The summed E-state index contributed by atoms with van der Waals surface area (Å²) in [5.74, 6) is 1.61. The maximum atomic E-state index is 12.5. The number of nitrogens with one attached hydrogen (secondary N) is 1. The molecule has 2 aliphatic carbocycles. The number of amides is 2. The molecule has 33 heavy (non-hydrogen) atoms. The number of rotatable bonds is 7. The number of carbonyl (C=O) groups is 2. The second kappa shape index (κ2) is 8.27. The number of benzene rings is 2. The number of primary amides is 1. The number of ether oxygens (including phenoxy) is 1. The van der Waals surface area contributed by atoms with Crippen molar-refractivity contribution >= 4 is 17.6 Å². The Hall–Kier alpha value is -3.81. The van der Waals surface area contributed by atoms with Crippen molar-refractivity contribution in [1.29, 1.82) is 0 Å². The van der Waals surface area contributed by atoms with Crippen LogP contribution in [-0.4, -0.2) is 28.7 Å². The second-order valence-electron chi connectivity index (χ2n) is 8.88. The molecule has 2 aliphatic rings. The van der Waals surface area contributed by atoms with Crippen LogP contribution in [0, 0.1) is 11.8 Å². The van der Waals surface area contributed by atoms with E-state index < -0.39 is 5.91 Å². The van der Waals surface area contributed by atoms with E-state index in [0.717, 1.165) is 35.8 Å². The number of hydrogen-bond acceptors (Lipinski definition) is 5. The van der Waals surface area contributed by atoms with Crippen molar-refractivity contribution in [2.24, 2.45) is 17.6 Å². The highest BCUT2D eigenvalue weighted by Gasteiger charge is 2.47. The molecule has 170 valence electrons. The standard InChI is InChI=1S/C25H27N5O3/c1-33-20-5-3-2-4-19(20)25(32)28-13-14-6-8-15(9-7-14)22-21(24(27)31)23(26)30(29-22)18-11-16-10-17(16)12-18/h2-9,16-18H,10-13,26H2,1H3,(H2,27,31)(H,28,32)/t16-,17-/m1/s1. The molecule has 1 aromatic heterocycles. The van der Waals surface area contributed by atoms with Gasteiger partial charge in [0, 0.05) is 12.1 Å². The Kier molecular flexibility index (Phi) is 5.28. The first-order valence-corrected chi connectivity index (χ1v) is 11.1. The van der Waals surface area contributed by atoms with Gasteiger partial charge in [-0.05, 0) is 48.8 Å². The Morgan fingerprint density at radius 3 is 2.45 bits per heavy atom. The normalized spacial score (nSPS) is 19.2. The molecule has 0 radical (unpaired) electrons. The van der Waals surface area contributed by atoms with E-state index in [4.69, 9.17) is 21.3 Å². The molecule has 0 spiro atoms. The molecule has 0 aliphatic heterocycles. The predicted molar refractivity (Wildman–Crippen MR) is 125 cm³/mol. The third kappa shape index (κ3) is 3.92. The van der Waals surface area contributed by atoms with Gasteiger partial charge in [-0.2, -0.15) is 5.10 Å². The summed E-state index contributed by atoms with van der Waals surface area (Å²) in [6, 6.07) is 14.8. The van der Waals surface area contributed by atoms with Crippen LogP contribution in [0.25, 0.3) is 11.3 Å². The fourth-order valence-corrected chi connectivity index (χ4v) is 4.94. The molecule has 2 atom stereocenters. The predicted octanol–water partition coefficient (Wildman–Crippen LogP) is 3.14. The Morgan fingerprint density at radius 1 is 1.09 bits per heavy atom. The zero-order valence-electron chi connectivity index (χ0n) is 18.5. The maximum absolute atomic E-state index is 12.5. The molecular formula is C25H27N5O3. The van der Waals surface area contributed by atoms with Gasteiger partial charge in [-0.15, -0.1) is 0 Å². The second-order valence-corrected chi connectivity index (χ2v) is 8.88. The number of para-hydroxylation sites is 1. The number of anilines is 1. The number of aromatic nitrogens is 2. The summed E-state index contributed by atoms with van der Waals surface area (Å²) in [7, 11) is 1.54. The Morgan fingerprint density at radius 2 is 1.79 bits per heavy atom. The minimum absolute atomic E-state index is 0.214. The van der Waals surface area contributed by atoms with E-state index in [1.54, 1.807) is 22.9 Å².